The van der Waals surface area contributed by atoms with Crippen molar-refractivity contribution in [1.29, 1.82) is 0 Å². The van der Waals surface area contributed by atoms with Crippen LogP contribution in [0.4, 0.5) is 0 Å². The van der Waals surface area contributed by atoms with E-state index in [1.807, 2.05) is 11.3 Å². The largest absolute Gasteiger partial charge is 0.309 e. The van der Waals surface area contributed by atoms with E-state index < -0.39 is 0 Å². The molecule has 1 aromatic rings. The minimum atomic E-state index is 0.538. The normalized spacial score (nSPS) is 18.7. The second-order valence-electron chi connectivity index (χ2n) is 5.52. The average Bonchev–Trinajstić information content (AvgIpc) is 2.76. The standard InChI is InChI=1S/C15H23Br2NS/c1-2-8-18-13(9-11-6-4-3-5-7-11)14-10-12(16)15(17)19-14/h10-11,13,18H,2-9H2,1H3. The summed E-state index contributed by atoms with van der Waals surface area (Å²) in [6, 6.07) is 2.82. The first-order valence-corrected chi connectivity index (χ1v) is 9.79. The topological polar surface area (TPSA) is 12.0 Å². The van der Waals surface area contributed by atoms with Gasteiger partial charge >= 0.3 is 0 Å². The summed E-state index contributed by atoms with van der Waals surface area (Å²) in [5.41, 5.74) is 0. The first-order valence-electron chi connectivity index (χ1n) is 7.38. The van der Waals surface area contributed by atoms with Crippen LogP contribution in [0, 0.1) is 5.92 Å². The Morgan fingerprint density at radius 3 is 2.63 bits per heavy atom. The molecule has 2 rings (SSSR count). The highest BCUT2D eigenvalue weighted by atomic mass is 79.9. The van der Waals surface area contributed by atoms with Crippen molar-refractivity contribution in [1.82, 2.24) is 5.32 Å². The lowest BCUT2D eigenvalue weighted by atomic mass is 9.84. The van der Waals surface area contributed by atoms with E-state index in [9.17, 15) is 0 Å². The lowest BCUT2D eigenvalue weighted by Gasteiger charge is -2.26. The molecule has 1 N–H and O–H groups in total. The fraction of sp³-hybridized carbons (Fsp3) is 0.733. The van der Waals surface area contributed by atoms with Crippen LogP contribution in [0.5, 0.6) is 0 Å². The van der Waals surface area contributed by atoms with E-state index in [0.717, 1.165) is 12.5 Å². The molecular formula is C15H23Br2NS. The summed E-state index contributed by atoms with van der Waals surface area (Å²) in [7, 11) is 0. The van der Waals surface area contributed by atoms with Crippen LogP contribution in [0.15, 0.2) is 14.3 Å². The summed E-state index contributed by atoms with van der Waals surface area (Å²) >= 11 is 9.10. The fourth-order valence-corrected chi connectivity index (χ4v) is 5.09. The minimum Gasteiger partial charge on any atom is -0.309 e. The summed E-state index contributed by atoms with van der Waals surface area (Å²) in [6.07, 6.45) is 9.68. The van der Waals surface area contributed by atoms with Gasteiger partial charge in [0.25, 0.3) is 0 Å². The van der Waals surface area contributed by atoms with Crippen molar-refractivity contribution in [2.45, 2.75) is 57.9 Å². The summed E-state index contributed by atoms with van der Waals surface area (Å²) in [5, 5.41) is 3.74. The quantitative estimate of drug-likeness (QED) is 0.583. The van der Waals surface area contributed by atoms with Crippen LogP contribution in [0.1, 0.15) is 62.8 Å². The number of hydrogen-bond donors (Lipinski definition) is 1. The lowest BCUT2D eigenvalue weighted by Crippen LogP contribution is -2.24. The Labute approximate surface area is 137 Å². The van der Waals surface area contributed by atoms with Crippen molar-refractivity contribution in [3.05, 3.63) is 19.2 Å². The molecular weight excluding hydrogens is 386 g/mol. The van der Waals surface area contributed by atoms with E-state index in [1.54, 1.807) is 0 Å². The molecule has 0 aliphatic heterocycles. The van der Waals surface area contributed by atoms with Gasteiger partial charge in [0.1, 0.15) is 0 Å². The Bertz CT molecular complexity index is 366. The summed E-state index contributed by atoms with van der Waals surface area (Å²) < 4.78 is 2.41. The SMILES string of the molecule is CCCNC(CC1CCCCC1)c1cc(Br)c(Br)s1. The average molecular weight is 409 g/mol. The Balaban J connectivity index is 2.01. The molecule has 1 unspecified atom stereocenters. The van der Waals surface area contributed by atoms with E-state index in [2.05, 4.69) is 50.2 Å². The molecule has 0 amide bonds. The third-order valence-electron chi connectivity index (χ3n) is 3.94. The van der Waals surface area contributed by atoms with Gasteiger partial charge in [0.05, 0.1) is 3.79 Å². The number of halogens is 2. The fourth-order valence-electron chi connectivity index (χ4n) is 2.91. The van der Waals surface area contributed by atoms with E-state index >= 15 is 0 Å². The summed E-state index contributed by atoms with van der Waals surface area (Å²) in [6.45, 7) is 3.36. The smallest absolute Gasteiger partial charge is 0.0843 e. The summed E-state index contributed by atoms with van der Waals surface area (Å²) in [4.78, 5) is 1.47. The molecule has 1 saturated carbocycles. The summed E-state index contributed by atoms with van der Waals surface area (Å²) in [5.74, 6) is 0.919. The molecule has 19 heavy (non-hydrogen) atoms. The number of nitrogens with one attached hydrogen (secondary N) is 1. The maximum atomic E-state index is 3.74. The van der Waals surface area contributed by atoms with Gasteiger partial charge < -0.3 is 5.32 Å². The van der Waals surface area contributed by atoms with Gasteiger partial charge in [-0.3, -0.25) is 0 Å². The molecule has 1 aliphatic rings. The number of rotatable bonds is 6. The van der Waals surface area contributed by atoms with Gasteiger partial charge in [0, 0.05) is 15.4 Å². The van der Waals surface area contributed by atoms with Crippen LogP contribution < -0.4 is 5.32 Å². The first kappa shape index (κ1) is 16.0. The van der Waals surface area contributed by atoms with Crippen molar-refractivity contribution in [3.8, 4) is 0 Å². The molecule has 1 aromatic heterocycles. The van der Waals surface area contributed by atoms with Crippen LogP contribution >= 0.6 is 43.2 Å². The molecule has 0 radical (unpaired) electrons. The minimum absolute atomic E-state index is 0.538. The molecule has 1 nitrogen and oxygen atoms in total. The zero-order chi connectivity index (χ0) is 13.7. The Hall–Kier alpha value is 0.620. The van der Waals surface area contributed by atoms with Crippen molar-refractivity contribution in [2.75, 3.05) is 6.54 Å². The van der Waals surface area contributed by atoms with Crippen LogP contribution in [0.3, 0.4) is 0 Å². The van der Waals surface area contributed by atoms with Gasteiger partial charge in [-0.1, -0.05) is 39.0 Å². The van der Waals surface area contributed by atoms with E-state index in [1.165, 1.54) is 58.1 Å². The molecule has 1 aliphatic carbocycles. The van der Waals surface area contributed by atoms with Crippen molar-refractivity contribution in [3.63, 3.8) is 0 Å². The Kier molecular flexibility index (Phi) is 6.87. The van der Waals surface area contributed by atoms with Gasteiger partial charge in [-0.2, -0.15) is 0 Å². The van der Waals surface area contributed by atoms with Gasteiger partial charge in [0.15, 0.2) is 0 Å². The predicted octanol–water partition coefficient (Wildman–Crippen LogP) is 6.28. The highest BCUT2D eigenvalue weighted by molar-refractivity contribution is 9.13. The third-order valence-corrected chi connectivity index (χ3v) is 7.31. The van der Waals surface area contributed by atoms with E-state index in [4.69, 9.17) is 0 Å². The van der Waals surface area contributed by atoms with Gasteiger partial charge in [-0.05, 0) is 63.2 Å². The number of thiophene rings is 1. The maximum Gasteiger partial charge on any atom is 0.0843 e. The highest BCUT2D eigenvalue weighted by Crippen LogP contribution is 2.39. The van der Waals surface area contributed by atoms with Gasteiger partial charge in [-0.25, -0.2) is 0 Å². The maximum absolute atomic E-state index is 3.74. The molecule has 0 saturated heterocycles. The number of hydrogen-bond acceptors (Lipinski definition) is 2. The second kappa shape index (κ2) is 8.16. The molecule has 0 bridgehead atoms. The molecule has 0 aromatic carbocycles. The molecule has 1 fully saturated rings. The first-order chi connectivity index (χ1) is 9.20. The van der Waals surface area contributed by atoms with E-state index in [0.29, 0.717) is 6.04 Å². The molecule has 1 heterocycles. The zero-order valence-corrected chi connectivity index (χ0v) is 15.5. The Morgan fingerprint density at radius 1 is 1.32 bits per heavy atom. The Morgan fingerprint density at radius 2 is 2.05 bits per heavy atom. The molecule has 108 valence electrons. The van der Waals surface area contributed by atoms with Crippen LogP contribution in [0.2, 0.25) is 0 Å². The molecule has 4 heteroatoms. The van der Waals surface area contributed by atoms with Crippen LogP contribution in [-0.4, -0.2) is 6.54 Å². The van der Waals surface area contributed by atoms with Gasteiger partial charge in [-0.15, -0.1) is 11.3 Å². The highest BCUT2D eigenvalue weighted by Gasteiger charge is 2.21. The van der Waals surface area contributed by atoms with Crippen LogP contribution in [-0.2, 0) is 0 Å². The molecule has 1 atom stereocenters. The zero-order valence-electron chi connectivity index (χ0n) is 11.6. The van der Waals surface area contributed by atoms with Crippen LogP contribution in [0.25, 0.3) is 0 Å². The monoisotopic (exact) mass is 407 g/mol. The van der Waals surface area contributed by atoms with Crippen molar-refractivity contribution < 1.29 is 0 Å². The van der Waals surface area contributed by atoms with Gasteiger partial charge in [0.2, 0.25) is 0 Å². The van der Waals surface area contributed by atoms with Crippen molar-refractivity contribution >= 4 is 43.2 Å². The van der Waals surface area contributed by atoms with E-state index in [-0.39, 0.29) is 0 Å². The lowest BCUT2D eigenvalue weighted by molar-refractivity contribution is 0.301. The third kappa shape index (κ3) is 4.83. The molecule has 0 spiro atoms. The second-order valence-corrected chi connectivity index (χ2v) is 8.77. The van der Waals surface area contributed by atoms with Crippen molar-refractivity contribution in [2.24, 2.45) is 5.92 Å². The predicted molar refractivity (Wildman–Crippen MR) is 91.9 cm³/mol.